The summed E-state index contributed by atoms with van der Waals surface area (Å²) in [4.78, 5) is 11.2. The molecule has 0 spiro atoms. The second kappa shape index (κ2) is 5.80. The van der Waals surface area contributed by atoms with Crippen LogP contribution in [0.3, 0.4) is 0 Å². The Labute approximate surface area is 120 Å². The largest absolute Gasteiger partial charge is 0.494 e. The maximum Gasteiger partial charge on any atom is 0.347 e. The predicted molar refractivity (Wildman–Crippen MR) is 78.7 cm³/mol. The van der Waals surface area contributed by atoms with Crippen LogP contribution < -0.4 is 4.74 Å². The minimum absolute atomic E-state index is 0.177. The molecule has 1 aromatic heterocycles. The molecule has 2 aromatic rings. The normalized spacial score (nSPS) is 11.2. The molecule has 5 heteroatoms. The lowest BCUT2D eigenvalue weighted by molar-refractivity contribution is 0.0702. The Morgan fingerprint density at radius 1 is 1.47 bits per heavy atom. The number of thiophene rings is 1. The second-order valence-electron chi connectivity index (χ2n) is 4.74. The molecule has 102 valence electrons. The summed E-state index contributed by atoms with van der Waals surface area (Å²) in [6.07, 6.45) is 0.990. The second-order valence-corrected chi connectivity index (χ2v) is 6.17. The molecule has 0 aliphatic rings. The number of ether oxygens (including phenoxy) is 1. The van der Waals surface area contributed by atoms with Crippen molar-refractivity contribution >= 4 is 39.0 Å². The molecule has 0 aliphatic heterocycles. The average molecular weight is 299 g/mol. The SMILES string of the molecule is CC(C)CCOc1ccc2c(Cl)c(C(=O)O)sc2c1. The highest BCUT2D eigenvalue weighted by Crippen LogP contribution is 2.37. The van der Waals surface area contributed by atoms with E-state index in [1.54, 1.807) is 0 Å². The van der Waals surface area contributed by atoms with Crippen LogP contribution in [-0.4, -0.2) is 17.7 Å². The maximum absolute atomic E-state index is 11.0. The van der Waals surface area contributed by atoms with Gasteiger partial charge in [0, 0.05) is 10.1 Å². The molecule has 0 atom stereocenters. The molecule has 0 radical (unpaired) electrons. The lowest BCUT2D eigenvalue weighted by atomic mass is 10.1. The first-order valence-electron chi connectivity index (χ1n) is 6.07. The zero-order chi connectivity index (χ0) is 14.0. The number of halogens is 1. The van der Waals surface area contributed by atoms with Crippen molar-refractivity contribution < 1.29 is 14.6 Å². The molecule has 2 rings (SSSR count). The minimum Gasteiger partial charge on any atom is -0.494 e. The van der Waals surface area contributed by atoms with Gasteiger partial charge in [0.15, 0.2) is 0 Å². The fourth-order valence-electron chi connectivity index (χ4n) is 1.69. The lowest BCUT2D eigenvalue weighted by Gasteiger charge is -2.07. The first-order valence-corrected chi connectivity index (χ1v) is 7.26. The van der Waals surface area contributed by atoms with E-state index < -0.39 is 5.97 Å². The summed E-state index contributed by atoms with van der Waals surface area (Å²) >= 11 is 7.21. The third kappa shape index (κ3) is 3.19. The predicted octanol–water partition coefficient (Wildman–Crippen LogP) is 4.68. The standard InChI is InChI=1S/C14H15ClO3S/c1-8(2)5-6-18-9-3-4-10-11(7-9)19-13(12(10)15)14(16)17/h3-4,7-8H,5-6H2,1-2H3,(H,16,17). The fourth-order valence-corrected chi connectivity index (χ4v) is 3.06. The zero-order valence-corrected chi connectivity index (χ0v) is 12.3. The van der Waals surface area contributed by atoms with E-state index >= 15 is 0 Å². The Kier molecular flexibility index (Phi) is 4.32. The fraction of sp³-hybridized carbons (Fsp3) is 0.357. The molecule has 0 aliphatic carbocycles. The number of carbonyl (C=O) groups is 1. The Balaban J connectivity index is 2.23. The minimum atomic E-state index is -0.992. The average Bonchev–Trinajstić information content (AvgIpc) is 2.66. The monoisotopic (exact) mass is 298 g/mol. The van der Waals surface area contributed by atoms with Crippen molar-refractivity contribution in [2.24, 2.45) is 5.92 Å². The number of rotatable bonds is 5. The molecular formula is C14H15ClO3S. The van der Waals surface area contributed by atoms with Crippen LogP contribution in [0.2, 0.25) is 5.02 Å². The molecule has 0 unspecified atom stereocenters. The van der Waals surface area contributed by atoms with Gasteiger partial charge in [-0.1, -0.05) is 25.4 Å². The van der Waals surface area contributed by atoms with Gasteiger partial charge in [-0.3, -0.25) is 0 Å². The number of hydrogen-bond donors (Lipinski definition) is 1. The molecule has 0 saturated carbocycles. The van der Waals surface area contributed by atoms with Crippen LogP contribution in [0.1, 0.15) is 29.9 Å². The van der Waals surface area contributed by atoms with Crippen molar-refractivity contribution in [3.05, 3.63) is 28.1 Å². The van der Waals surface area contributed by atoms with Gasteiger partial charge in [0.1, 0.15) is 10.6 Å². The topological polar surface area (TPSA) is 46.5 Å². The molecule has 0 amide bonds. The summed E-state index contributed by atoms with van der Waals surface area (Å²) in [5.41, 5.74) is 0. The number of carboxylic acids is 1. The van der Waals surface area contributed by atoms with E-state index in [2.05, 4.69) is 13.8 Å². The van der Waals surface area contributed by atoms with Crippen LogP contribution in [0.5, 0.6) is 5.75 Å². The van der Waals surface area contributed by atoms with Crippen LogP contribution >= 0.6 is 22.9 Å². The van der Waals surface area contributed by atoms with Gasteiger partial charge in [-0.25, -0.2) is 4.79 Å². The third-order valence-corrected chi connectivity index (χ3v) is 4.40. The van der Waals surface area contributed by atoms with Crippen molar-refractivity contribution in [3.63, 3.8) is 0 Å². The Morgan fingerprint density at radius 3 is 2.84 bits per heavy atom. The van der Waals surface area contributed by atoms with Crippen molar-refractivity contribution in [1.29, 1.82) is 0 Å². The molecule has 1 heterocycles. The first-order chi connectivity index (χ1) is 8.99. The van der Waals surface area contributed by atoms with E-state index in [0.29, 0.717) is 17.5 Å². The van der Waals surface area contributed by atoms with Gasteiger partial charge in [-0.2, -0.15) is 0 Å². The number of benzene rings is 1. The van der Waals surface area contributed by atoms with Gasteiger partial charge < -0.3 is 9.84 Å². The van der Waals surface area contributed by atoms with Gasteiger partial charge in [-0.15, -0.1) is 11.3 Å². The third-order valence-electron chi connectivity index (χ3n) is 2.76. The van der Waals surface area contributed by atoms with E-state index in [1.165, 1.54) is 11.3 Å². The van der Waals surface area contributed by atoms with Crippen molar-refractivity contribution in [3.8, 4) is 5.75 Å². The van der Waals surface area contributed by atoms with E-state index in [-0.39, 0.29) is 4.88 Å². The highest BCUT2D eigenvalue weighted by atomic mass is 35.5. The number of hydrogen-bond acceptors (Lipinski definition) is 3. The van der Waals surface area contributed by atoms with Gasteiger partial charge in [0.25, 0.3) is 0 Å². The lowest BCUT2D eigenvalue weighted by Crippen LogP contribution is -2.00. The van der Waals surface area contributed by atoms with Gasteiger partial charge in [-0.05, 0) is 30.5 Å². The van der Waals surface area contributed by atoms with Gasteiger partial charge >= 0.3 is 5.97 Å². The summed E-state index contributed by atoms with van der Waals surface area (Å²) < 4.78 is 6.49. The summed E-state index contributed by atoms with van der Waals surface area (Å²) in [6.45, 7) is 4.95. The van der Waals surface area contributed by atoms with Crippen molar-refractivity contribution in [2.75, 3.05) is 6.61 Å². The number of fused-ring (bicyclic) bond motifs is 1. The molecule has 1 N–H and O–H groups in total. The Hall–Kier alpha value is -1.26. The van der Waals surface area contributed by atoms with E-state index in [0.717, 1.165) is 22.3 Å². The van der Waals surface area contributed by atoms with E-state index in [4.69, 9.17) is 21.4 Å². The molecule has 1 aromatic carbocycles. The summed E-state index contributed by atoms with van der Waals surface area (Å²) in [6, 6.07) is 5.48. The number of carboxylic acid groups (broad SMARTS) is 1. The maximum atomic E-state index is 11.0. The Bertz CT molecular complexity index is 604. The molecule has 19 heavy (non-hydrogen) atoms. The van der Waals surface area contributed by atoms with Crippen LogP contribution in [0.25, 0.3) is 10.1 Å². The van der Waals surface area contributed by atoms with Crippen molar-refractivity contribution in [1.82, 2.24) is 0 Å². The van der Waals surface area contributed by atoms with E-state index in [1.807, 2.05) is 18.2 Å². The molecule has 0 fully saturated rings. The van der Waals surface area contributed by atoms with Crippen molar-refractivity contribution in [2.45, 2.75) is 20.3 Å². The van der Waals surface area contributed by atoms with E-state index in [9.17, 15) is 4.79 Å². The van der Waals surface area contributed by atoms with Crippen LogP contribution in [-0.2, 0) is 0 Å². The molecule has 0 saturated heterocycles. The first kappa shape index (κ1) is 14.2. The molecular weight excluding hydrogens is 284 g/mol. The smallest absolute Gasteiger partial charge is 0.347 e. The summed E-state index contributed by atoms with van der Waals surface area (Å²) in [5.74, 6) is 0.356. The summed E-state index contributed by atoms with van der Waals surface area (Å²) in [5, 5.41) is 10.1. The molecule has 0 bridgehead atoms. The quantitative estimate of drug-likeness (QED) is 0.872. The van der Waals surface area contributed by atoms with Crippen LogP contribution in [0, 0.1) is 5.92 Å². The van der Waals surface area contributed by atoms with Crippen LogP contribution in [0.4, 0.5) is 0 Å². The Morgan fingerprint density at radius 2 is 2.21 bits per heavy atom. The van der Waals surface area contributed by atoms with Crippen LogP contribution in [0.15, 0.2) is 18.2 Å². The summed E-state index contributed by atoms with van der Waals surface area (Å²) in [7, 11) is 0. The highest BCUT2D eigenvalue weighted by molar-refractivity contribution is 7.21. The molecule has 3 nitrogen and oxygen atoms in total. The highest BCUT2D eigenvalue weighted by Gasteiger charge is 2.16. The van der Waals surface area contributed by atoms with Gasteiger partial charge in [0.05, 0.1) is 11.6 Å². The number of aromatic carboxylic acids is 1. The van der Waals surface area contributed by atoms with Gasteiger partial charge in [0.2, 0.25) is 0 Å². The zero-order valence-electron chi connectivity index (χ0n) is 10.8.